The molecule has 1 amide bonds. The summed E-state index contributed by atoms with van der Waals surface area (Å²) in [5.74, 6) is -1.08. The van der Waals surface area contributed by atoms with E-state index in [2.05, 4.69) is 32.2 Å². The third-order valence-electron chi connectivity index (χ3n) is 6.79. The largest absolute Gasteiger partial charge is 0.370 e. The molecule has 0 radical (unpaired) electrons. The van der Waals surface area contributed by atoms with E-state index < -0.39 is 17.8 Å². The highest BCUT2D eigenvalue weighted by molar-refractivity contribution is 6.34. The monoisotopic (exact) mass is 530 g/mol. The van der Waals surface area contributed by atoms with E-state index in [-0.39, 0.29) is 21.9 Å². The molecule has 1 aliphatic heterocycles. The Labute approximate surface area is 226 Å². The number of ketones is 1. The molecule has 0 saturated heterocycles. The van der Waals surface area contributed by atoms with E-state index in [4.69, 9.17) is 11.6 Å². The van der Waals surface area contributed by atoms with Crippen LogP contribution < -0.4 is 10.6 Å². The molecular formula is C30H28ClFN4O2. The molecule has 0 saturated carbocycles. The van der Waals surface area contributed by atoms with E-state index in [1.165, 1.54) is 12.1 Å². The first kappa shape index (κ1) is 25.7. The maximum atomic E-state index is 13.9. The molecule has 6 nitrogen and oxygen atoms in total. The zero-order valence-corrected chi connectivity index (χ0v) is 22.1. The van der Waals surface area contributed by atoms with E-state index in [9.17, 15) is 14.0 Å². The smallest absolute Gasteiger partial charge is 0.256 e. The summed E-state index contributed by atoms with van der Waals surface area (Å²) in [6.45, 7) is 2.94. The second-order valence-corrected chi connectivity index (χ2v) is 10.1. The zero-order chi connectivity index (χ0) is 27.0. The van der Waals surface area contributed by atoms with Crippen molar-refractivity contribution in [2.45, 2.75) is 26.1 Å². The quantitative estimate of drug-likeness (QED) is 0.287. The number of nitrogens with one attached hydrogen (secondary N) is 2. The third kappa shape index (κ3) is 4.95. The molecule has 1 aliphatic rings. The van der Waals surface area contributed by atoms with Gasteiger partial charge >= 0.3 is 0 Å². The predicted molar refractivity (Wildman–Crippen MR) is 149 cm³/mol. The highest BCUT2D eigenvalue weighted by Crippen LogP contribution is 2.34. The molecular weight excluding hydrogens is 503 g/mol. The Bertz CT molecular complexity index is 1550. The Morgan fingerprint density at radius 1 is 1.05 bits per heavy atom. The van der Waals surface area contributed by atoms with Gasteiger partial charge in [0.25, 0.3) is 5.91 Å². The molecule has 4 aromatic rings. The highest BCUT2D eigenvalue weighted by atomic mass is 35.5. The van der Waals surface area contributed by atoms with Crippen LogP contribution in [0.25, 0.3) is 0 Å². The molecule has 2 heterocycles. The van der Waals surface area contributed by atoms with Crippen LogP contribution >= 0.6 is 11.6 Å². The summed E-state index contributed by atoms with van der Waals surface area (Å²) in [5, 5.41) is 6.40. The molecule has 0 aliphatic carbocycles. The standard InChI is InChI=1S/C30H28ClFN4O2/c1-18-22(8-6-9-25(18)32)30(38)33-20-11-13-23(24(31)15-20)29(37)28-27-14-12-21(17-35(2)3)36(27)16-19-7-4-5-10-26(19)34-28/h4-15,28,34H,16-17H2,1-3H3,(H,33,38). The Morgan fingerprint density at radius 3 is 2.61 bits per heavy atom. The summed E-state index contributed by atoms with van der Waals surface area (Å²) in [4.78, 5) is 28.7. The van der Waals surface area contributed by atoms with Gasteiger partial charge in [-0.25, -0.2) is 4.39 Å². The fourth-order valence-electron chi connectivity index (χ4n) is 4.83. The van der Waals surface area contributed by atoms with Crippen molar-refractivity contribution in [3.05, 3.63) is 117 Å². The van der Waals surface area contributed by atoms with Crippen LogP contribution in [0.2, 0.25) is 5.02 Å². The Balaban J connectivity index is 1.45. The molecule has 0 bridgehead atoms. The number of halogens is 2. The summed E-state index contributed by atoms with van der Waals surface area (Å²) in [5.41, 5.74) is 5.21. The van der Waals surface area contributed by atoms with Gasteiger partial charge in [-0.1, -0.05) is 35.9 Å². The SMILES string of the molecule is Cc1c(F)cccc1C(=O)Nc1ccc(C(=O)C2Nc3ccccc3Cn3c(CN(C)C)ccc32)c(Cl)c1. The van der Waals surface area contributed by atoms with Gasteiger partial charge in [-0.3, -0.25) is 9.59 Å². The van der Waals surface area contributed by atoms with Crippen LogP contribution in [-0.2, 0) is 13.1 Å². The second kappa shape index (κ2) is 10.4. The number of para-hydroxylation sites is 1. The van der Waals surface area contributed by atoms with E-state index in [1.807, 2.05) is 38.4 Å². The number of anilines is 2. The number of hydrogen-bond acceptors (Lipinski definition) is 4. The van der Waals surface area contributed by atoms with Gasteiger partial charge in [0.05, 0.1) is 5.02 Å². The lowest BCUT2D eigenvalue weighted by Gasteiger charge is -2.20. The van der Waals surface area contributed by atoms with Crippen LogP contribution in [0.1, 0.15) is 49.3 Å². The minimum atomic E-state index is -0.651. The lowest BCUT2D eigenvalue weighted by atomic mass is 10.0. The van der Waals surface area contributed by atoms with Crippen LogP contribution in [0.15, 0.2) is 72.8 Å². The van der Waals surface area contributed by atoms with Crippen LogP contribution in [0, 0.1) is 12.7 Å². The van der Waals surface area contributed by atoms with Crippen molar-refractivity contribution in [1.29, 1.82) is 0 Å². The van der Waals surface area contributed by atoms with Crippen LogP contribution in [0.4, 0.5) is 15.8 Å². The first-order valence-electron chi connectivity index (χ1n) is 12.3. The van der Waals surface area contributed by atoms with Gasteiger partial charge in [-0.15, -0.1) is 0 Å². The fraction of sp³-hybridized carbons (Fsp3) is 0.200. The average molecular weight is 531 g/mol. The van der Waals surface area contributed by atoms with Crippen molar-refractivity contribution in [2.75, 3.05) is 24.7 Å². The van der Waals surface area contributed by atoms with Crippen molar-refractivity contribution in [3.63, 3.8) is 0 Å². The number of carbonyl (C=O) groups is 2. The van der Waals surface area contributed by atoms with Gasteiger partial charge in [0.2, 0.25) is 0 Å². The summed E-state index contributed by atoms with van der Waals surface area (Å²) in [6, 6.07) is 20.5. The first-order chi connectivity index (χ1) is 18.2. The average Bonchev–Trinajstić information content (AvgIpc) is 3.16. The number of benzene rings is 3. The third-order valence-corrected chi connectivity index (χ3v) is 7.10. The maximum Gasteiger partial charge on any atom is 0.256 e. The van der Waals surface area contributed by atoms with Crippen molar-refractivity contribution < 1.29 is 14.0 Å². The van der Waals surface area contributed by atoms with Crippen molar-refractivity contribution >= 4 is 34.7 Å². The highest BCUT2D eigenvalue weighted by Gasteiger charge is 2.30. The Morgan fingerprint density at radius 2 is 1.84 bits per heavy atom. The lowest BCUT2D eigenvalue weighted by molar-refractivity contribution is 0.0966. The fourth-order valence-corrected chi connectivity index (χ4v) is 5.11. The van der Waals surface area contributed by atoms with E-state index in [0.717, 1.165) is 29.2 Å². The molecule has 1 unspecified atom stereocenters. The van der Waals surface area contributed by atoms with Crippen LogP contribution in [0.3, 0.4) is 0 Å². The van der Waals surface area contributed by atoms with Gasteiger partial charge in [-0.05, 0) is 80.7 Å². The molecule has 1 aromatic heterocycles. The maximum absolute atomic E-state index is 13.9. The molecule has 0 spiro atoms. The molecule has 0 fully saturated rings. The molecule has 8 heteroatoms. The number of carbonyl (C=O) groups excluding carboxylic acids is 2. The number of amides is 1. The van der Waals surface area contributed by atoms with Crippen molar-refractivity contribution in [3.8, 4) is 0 Å². The number of fused-ring (bicyclic) bond motifs is 2. The second-order valence-electron chi connectivity index (χ2n) is 9.73. The number of rotatable bonds is 6. The van der Waals surface area contributed by atoms with Crippen LogP contribution in [0.5, 0.6) is 0 Å². The molecule has 2 N–H and O–H groups in total. The number of Topliss-reactive ketones (excluding diaryl/α,β-unsaturated/α-hetero) is 1. The van der Waals surface area contributed by atoms with E-state index in [1.54, 1.807) is 31.2 Å². The summed E-state index contributed by atoms with van der Waals surface area (Å²) < 4.78 is 16.1. The van der Waals surface area contributed by atoms with E-state index in [0.29, 0.717) is 17.8 Å². The van der Waals surface area contributed by atoms with Crippen LogP contribution in [-0.4, -0.2) is 35.3 Å². The molecule has 3 aromatic carbocycles. The molecule has 5 rings (SSSR count). The van der Waals surface area contributed by atoms with Gasteiger partial charge in [0.1, 0.15) is 11.9 Å². The van der Waals surface area contributed by atoms with Gasteiger partial charge in [0, 0.05) is 47.0 Å². The molecule has 194 valence electrons. The molecule has 1 atom stereocenters. The van der Waals surface area contributed by atoms with Crippen molar-refractivity contribution in [2.24, 2.45) is 0 Å². The Hall–Kier alpha value is -3.94. The normalized spacial score (nSPS) is 14.3. The van der Waals surface area contributed by atoms with Gasteiger partial charge < -0.3 is 20.1 Å². The lowest BCUT2D eigenvalue weighted by Crippen LogP contribution is -2.23. The summed E-state index contributed by atoms with van der Waals surface area (Å²) in [7, 11) is 4.03. The van der Waals surface area contributed by atoms with E-state index >= 15 is 0 Å². The number of aromatic nitrogens is 1. The minimum Gasteiger partial charge on any atom is -0.370 e. The first-order valence-corrected chi connectivity index (χ1v) is 12.7. The number of nitrogens with zero attached hydrogens (tertiary/aromatic N) is 2. The predicted octanol–water partition coefficient (Wildman–Crippen LogP) is 6.30. The summed E-state index contributed by atoms with van der Waals surface area (Å²) >= 11 is 6.60. The van der Waals surface area contributed by atoms with Gasteiger partial charge in [-0.2, -0.15) is 0 Å². The molecule has 38 heavy (non-hydrogen) atoms. The summed E-state index contributed by atoms with van der Waals surface area (Å²) in [6.07, 6.45) is 0. The number of hydrogen-bond donors (Lipinski definition) is 2. The Kier molecular flexibility index (Phi) is 7.06. The van der Waals surface area contributed by atoms with Gasteiger partial charge in [0.15, 0.2) is 5.78 Å². The topological polar surface area (TPSA) is 66.4 Å². The van der Waals surface area contributed by atoms with Crippen molar-refractivity contribution in [1.82, 2.24) is 9.47 Å². The minimum absolute atomic E-state index is 0.179. The zero-order valence-electron chi connectivity index (χ0n) is 21.4.